The van der Waals surface area contributed by atoms with Crippen LogP contribution in [0.25, 0.3) is 0 Å². The quantitative estimate of drug-likeness (QED) is 0.833. The Hall–Kier alpha value is -1.68. The normalized spacial score (nSPS) is 10.8. The Labute approximate surface area is 111 Å². The van der Waals surface area contributed by atoms with Gasteiger partial charge in [0.1, 0.15) is 0 Å². The van der Waals surface area contributed by atoms with Gasteiger partial charge in [-0.15, -0.1) is 0 Å². The zero-order valence-corrected chi connectivity index (χ0v) is 11.3. The Morgan fingerprint density at radius 1 is 1.17 bits per heavy atom. The lowest BCUT2D eigenvalue weighted by atomic mass is 9.99. The number of aromatic nitrogens is 2. The number of rotatable bonds is 3. The SMILES string of the molecule is CC(C)c1c(Cc2ccccc2)[nH]c(=S)[nH]c1=O. The number of aromatic amines is 2. The molecule has 0 saturated heterocycles. The Morgan fingerprint density at radius 3 is 2.44 bits per heavy atom. The molecule has 1 heterocycles. The Morgan fingerprint density at radius 2 is 1.83 bits per heavy atom. The van der Waals surface area contributed by atoms with E-state index in [1.54, 1.807) is 0 Å². The van der Waals surface area contributed by atoms with E-state index in [4.69, 9.17) is 12.2 Å². The predicted octanol–water partition coefficient (Wildman–Crippen LogP) is 3.15. The molecule has 0 aliphatic rings. The second-order valence-electron chi connectivity index (χ2n) is 4.62. The first-order valence-corrected chi connectivity index (χ1v) is 6.38. The van der Waals surface area contributed by atoms with Crippen molar-refractivity contribution in [3.8, 4) is 0 Å². The van der Waals surface area contributed by atoms with Gasteiger partial charge in [0.15, 0.2) is 4.77 Å². The van der Waals surface area contributed by atoms with Crippen molar-refractivity contribution in [1.29, 1.82) is 0 Å². The van der Waals surface area contributed by atoms with Crippen LogP contribution in [0.1, 0.15) is 36.6 Å². The summed E-state index contributed by atoms with van der Waals surface area (Å²) in [6.07, 6.45) is 0.696. The van der Waals surface area contributed by atoms with Gasteiger partial charge in [0.2, 0.25) is 0 Å². The standard InChI is InChI=1S/C14H16N2OS/c1-9(2)12-11(15-14(18)16-13(12)17)8-10-6-4-3-5-7-10/h3-7,9H,8H2,1-2H3,(H2,15,16,17,18). The summed E-state index contributed by atoms with van der Waals surface area (Å²) in [6, 6.07) is 10.1. The van der Waals surface area contributed by atoms with Crippen molar-refractivity contribution < 1.29 is 0 Å². The summed E-state index contributed by atoms with van der Waals surface area (Å²) in [5, 5.41) is 0. The molecule has 4 heteroatoms. The summed E-state index contributed by atoms with van der Waals surface area (Å²) in [6.45, 7) is 4.02. The molecule has 2 aromatic rings. The van der Waals surface area contributed by atoms with E-state index >= 15 is 0 Å². The first kappa shape index (κ1) is 12.8. The molecule has 0 aliphatic carbocycles. The number of benzene rings is 1. The minimum Gasteiger partial charge on any atom is -0.335 e. The summed E-state index contributed by atoms with van der Waals surface area (Å²) in [7, 11) is 0. The third-order valence-electron chi connectivity index (χ3n) is 2.86. The van der Waals surface area contributed by atoms with Crippen LogP contribution in [0.5, 0.6) is 0 Å². The van der Waals surface area contributed by atoms with Crippen LogP contribution in [0.3, 0.4) is 0 Å². The van der Waals surface area contributed by atoms with E-state index in [1.807, 2.05) is 44.2 Å². The van der Waals surface area contributed by atoms with E-state index < -0.39 is 0 Å². The topological polar surface area (TPSA) is 48.6 Å². The highest BCUT2D eigenvalue weighted by Crippen LogP contribution is 2.16. The minimum atomic E-state index is -0.0836. The molecule has 2 rings (SSSR count). The maximum Gasteiger partial charge on any atom is 0.255 e. The monoisotopic (exact) mass is 260 g/mol. The van der Waals surface area contributed by atoms with Gasteiger partial charge in [-0.05, 0) is 23.7 Å². The third-order valence-corrected chi connectivity index (χ3v) is 3.07. The molecule has 0 saturated carbocycles. The first-order valence-electron chi connectivity index (χ1n) is 5.97. The largest absolute Gasteiger partial charge is 0.335 e. The summed E-state index contributed by atoms with van der Waals surface area (Å²) in [5.41, 5.74) is 2.77. The highest BCUT2D eigenvalue weighted by atomic mass is 32.1. The third kappa shape index (κ3) is 2.76. The molecule has 3 nitrogen and oxygen atoms in total. The van der Waals surface area contributed by atoms with Crippen molar-refractivity contribution in [2.45, 2.75) is 26.2 Å². The molecule has 0 unspecified atom stereocenters. The molecule has 1 aromatic heterocycles. The average molecular weight is 260 g/mol. The van der Waals surface area contributed by atoms with Gasteiger partial charge < -0.3 is 4.98 Å². The van der Waals surface area contributed by atoms with Crippen molar-refractivity contribution in [3.63, 3.8) is 0 Å². The number of hydrogen-bond donors (Lipinski definition) is 2. The molecule has 0 amide bonds. The highest BCUT2D eigenvalue weighted by Gasteiger charge is 2.12. The van der Waals surface area contributed by atoms with Gasteiger partial charge in [-0.3, -0.25) is 9.78 Å². The molecule has 94 valence electrons. The van der Waals surface area contributed by atoms with Crippen LogP contribution in [-0.4, -0.2) is 9.97 Å². The zero-order valence-electron chi connectivity index (χ0n) is 10.5. The summed E-state index contributed by atoms with van der Waals surface area (Å²) >= 11 is 5.04. The van der Waals surface area contributed by atoms with Gasteiger partial charge in [-0.2, -0.15) is 0 Å². The van der Waals surface area contributed by atoms with Crippen molar-refractivity contribution in [1.82, 2.24) is 9.97 Å². The maximum absolute atomic E-state index is 12.0. The number of hydrogen-bond acceptors (Lipinski definition) is 2. The second kappa shape index (κ2) is 5.31. The summed E-state index contributed by atoms with van der Waals surface area (Å²) < 4.78 is 0.385. The van der Waals surface area contributed by atoms with E-state index in [2.05, 4.69) is 9.97 Å². The van der Waals surface area contributed by atoms with Crippen LogP contribution in [0.2, 0.25) is 0 Å². The van der Waals surface area contributed by atoms with E-state index in [0.29, 0.717) is 11.2 Å². The molecule has 2 N–H and O–H groups in total. The lowest BCUT2D eigenvalue weighted by Crippen LogP contribution is -2.19. The first-order chi connectivity index (χ1) is 8.58. The van der Waals surface area contributed by atoms with Gasteiger partial charge in [-0.25, -0.2) is 0 Å². The lowest BCUT2D eigenvalue weighted by molar-refractivity contribution is 0.795. The van der Waals surface area contributed by atoms with E-state index in [-0.39, 0.29) is 11.5 Å². The van der Waals surface area contributed by atoms with Gasteiger partial charge in [-0.1, -0.05) is 44.2 Å². The minimum absolute atomic E-state index is 0.0836. The van der Waals surface area contributed by atoms with E-state index in [9.17, 15) is 4.79 Å². The van der Waals surface area contributed by atoms with Crippen molar-refractivity contribution >= 4 is 12.2 Å². The van der Waals surface area contributed by atoms with Crippen molar-refractivity contribution in [2.24, 2.45) is 0 Å². The number of nitrogens with one attached hydrogen (secondary N) is 2. The Balaban J connectivity index is 2.50. The van der Waals surface area contributed by atoms with Crippen LogP contribution < -0.4 is 5.56 Å². The molecular weight excluding hydrogens is 244 g/mol. The molecule has 18 heavy (non-hydrogen) atoms. The molecule has 0 bridgehead atoms. The highest BCUT2D eigenvalue weighted by molar-refractivity contribution is 7.71. The molecule has 1 aromatic carbocycles. The second-order valence-corrected chi connectivity index (χ2v) is 5.03. The van der Waals surface area contributed by atoms with Crippen LogP contribution in [0.15, 0.2) is 35.1 Å². The van der Waals surface area contributed by atoms with Gasteiger partial charge in [0.25, 0.3) is 5.56 Å². The lowest BCUT2D eigenvalue weighted by Gasteiger charge is -2.11. The maximum atomic E-state index is 12.0. The molecule has 0 fully saturated rings. The molecule has 0 spiro atoms. The number of H-pyrrole nitrogens is 2. The molecule has 0 atom stereocenters. The van der Waals surface area contributed by atoms with Crippen LogP contribution in [0.4, 0.5) is 0 Å². The van der Waals surface area contributed by atoms with Gasteiger partial charge in [0, 0.05) is 17.7 Å². The molecule has 0 aliphatic heterocycles. The summed E-state index contributed by atoms with van der Waals surface area (Å²) in [5.74, 6) is 0.166. The van der Waals surface area contributed by atoms with E-state index in [0.717, 1.165) is 16.8 Å². The average Bonchev–Trinajstić information content (AvgIpc) is 2.28. The van der Waals surface area contributed by atoms with E-state index in [1.165, 1.54) is 0 Å². The summed E-state index contributed by atoms with van der Waals surface area (Å²) in [4.78, 5) is 17.7. The predicted molar refractivity (Wildman–Crippen MR) is 75.6 cm³/mol. The fourth-order valence-electron chi connectivity index (χ4n) is 2.09. The zero-order chi connectivity index (χ0) is 13.1. The molecule has 0 radical (unpaired) electrons. The van der Waals surface area contributed by atoms with Crippen LogP contribution in [0, 0.1) is 4.77 Å². The van der Waals surface area contributed by atoms with Gasteiger partial charge in [0.05, 0.1) is 0 Å². The van der Waals surface area contributed by atoms with Gasteiger partial charge >= 0.3 is 0 Å². The smallest absolute Gasteiger partial charge is 0.255 e. The Kier molecular flexibility index (Phi) is 3.77. The fraction of sp³-hybridized carbons (Fsp3) is 0.286. The van der Waals surface area contributed by atoms with Crippen molar-refractivity contribution in [2.75, 3.05) is 0 Å². The van der Waals surface area contributed by atoms with Crippen LogP contribution >= 0.6 is 12.2 Å². The van der Waals surface area contributed by atoms with Crippen LogP contribution in [-0.2, 0) is 6.42 Å². The fourth-order valence-corrected chi connectivity index (χ4v) is 2.31. The van der Waals surface area contributed by atoms with Crippen molar-refractivity contribution in [3.05, 3.63) is 62.3 Å². The Bertz CT molecular complexity index is 641. The molecular formula is C14H16N2OS.